The van der Waals surface area contributed by atoms with E-state index in [1.807, 2.05) is 13.0 Å². The molecule has 2 N–H and O–H groups in total. The average Bonchev–Trinajstić information content (AvgIpc) is 2.91. The van der Waals surface area contributed by atoms with Crippen LogP contribution < -0.4 is 0 Å². The van der Waals surface area contributed by atoms with Gasteiger partial charge in [-0.1, -0.05) is 25.5 Å². The molecular formula is C23H30O6. The van der Waals surface area contributed by atoms with E-state index < -0.39 is 35.5 Å². The molecule has 0 saturated heterocycles. The Morgan fingerprint density at radius 3 is 2.69 bits per heavy atom. The fourth-order valence-electron chi connectivity index (χ4n) is 7.08. The number of hydrogen-bond donors (Lipinski definition) is 2. The molecule has 0 heterocycles. The van der Waals surface area contributed by atoms with Crippen LogP contribution in [0.2, 0.25) is 0 Å². The van der Waals surface area contributed by atoms with Crippen LogP contribution in [0.5, 0.6) is 0 Å². The summed E-state index contributed by atoms with van der Waals surface area (Å²) in [5, 5.41) is 22.7. The maximum atomic E-state index is 12.9. The van der Waals surface area contributed by atoms with E-state index in [-0.39, 0.29) is 29.0 Å². The van der Waals surface area contributed by atoms with Crippen molar-refractivity contribution in [1.29, 1.82) is 0 Å². The number of carbonyl (C=O) groups is 3. The van der Waals surface area contributed by atoms with E-state index in [2.05, 4.69) is 6.92 Å². The van der Waals surface area contributed by atoms with Gasteiger partial charge >= 0.3 is 5.97 Å². The van der Waals surface area contributed by atoms with Gasteiger partial charge in [-0.15, -0.1) is 0 Å². The molecule has 0 spiro atoms. The summed E-state index contributed by atoms with van der Waals surface area (Å²) in [5.41, 5.74) is -1.67. The summed E-state index contributed by atoms with van der Waals surface area (Å²) in [6.45, 7) is 4.80. The van der Waals surface area contributed by atoms with Gasteiger partial charge in [0.25, 0.3) is 0 Å². The quantitative estimate of drug-likeness (QED) is 0.702. The highest BCUT2D eigenvalue weighted by Gasteiger charge is 2.68. The number of allylic oxidation sites excluding steroid dienone is 4. The molecule has 0 aromatic rings. The molecule has 0 aromatic carbocycles. The Hall–Kier alpha value is -1.79. The van der Waals surface area contributed by atoms with Crippen LogP contribution >= 0.6 is 0 Å². The highest BCUT2D eigenvalue weighted by molar-refractivity contribution is 6.01. The molecule has 0 aliphatic heterocycles. The van der Waals surface area contributed by atoms with Crippen molar-refractivity contribution in [2.45, 2.75) is 64.6 Å². The predicted molar refractivity (Wildman–Crippen MR) is 105 cm³/mol. The predicted octanol–water partition coefficient (Wildman–Crippen LogP) is 2.13. The molecule has 4 rings (SSSR count). The topological polar surface area (TPSA) is 101 Å². The SMILES string of the molecule is CC(=O)OCC(=O)[C@@]1(O)CC[C@@H]2[C@H]3CCC4=CC(=O)C=C[C@@]4(C)[C@@H]3[C@@H](O)C[C@@]21C. The molecule has 0 radical (unpaired) electrons. The Balaban J connectivity index is 1.66. The molecule has 6 nitrogen and oxygen atoms in total. The van der Waals surface area contributed by atoms with Gasteiger partial charge in [-0.3, -0.25) is 14.4 Å². The largest absolute Gasteiger partial charge is 0.458 e. The van der Waals surface area contributed by atoms with Crippen LogP contribution in [-0.2, 0) is 19.1 Å². The van der Waals surface area contributed by atoms with Crippen LogP contribution in [0.15, 0.2) is 23.8 Å². The van der Waals surface area contributed by atoms with Crippen molar-refractivity contribution in [3.05, 3.63) is 23.8 Å². The first-order valence-corrected chi connectivity index (χ1v) is 10.5. The summed E-state index contributed by atoms with van der Waals surface area (Å²) in [4.78, 5) is 35.9. The minimum atomic E-state index is -1.60. The van der Waals surface area contributed by atoms with E-state index in [4.69, 9.17) is 4.74 Å². The molecule has 0 amide bonds. The van der Waals surface area contributed by atoms with Crippen molar-refractivity contribution in [2.24, 2.45) is 28.6 Å². The van der Waals surface area contributed by atoms with Gasteiger partial charge in [0.05, 0.1) is 6.10 Å². The van der Waals surface area contributed by atoms with Gasteiger partial charge in [-0.25, -0.2) is 0 Å². The van der Waals surface area contributed by atoms with Crippen molar-refractivity contribution in [2.75, 3.05) is 6.61 Å². The molecule has 3 fully saturated rings. The number of carbonyl (C=O) groups excluding carboxylic acids is 3. The molecule has 7 atom stereocenters. The molecule has 6 heteroatoms. The van der Waals surface area contributed by atoms with Crippen LogP contribution in [0.4, 0.5) is 0 Å². The zero-order valence-electron chi connectivity index (χ0n) is 17.3. The van der Waals surface area contributed by atoms with Gasteiger partial charge < -0.3 is 14.9 Å². The lowest BCUT2D eigenvalue weighted by molar-refractivity contribution is -0.181. The molecule has 0 bridgehead atoms. The van der Waals surface area contributed by atoms with Gasteiger partial charge in [-0.05, 0) is 56.1 Å². The number of Topliss-reactive ketones (excluding diaryl/α,β-unsaturated/α-hetero) is 1. The minimum Gasteiger partial charge on any atom is -0.458 e. The zero-order chi connectivity index (χ0) is 21.2. The first-order chi connectivity index (χ1) is 13.5. The molecule has 158 valence electrons. The molecule has 0 aromatic heterocycles. The van der Waals surface area contributed by atoms with Gasteiger partial charge in [-0.2, -0.15) is 0 Å². The molecule has 4 aliphatic carbocycles. The van der Waals surface area contributed by atoms with Crippen LogP contribution in [0, 0.1) is 28.6 Å². The maximum Gasteiger partial charge on any atom is 0.303 e. The third-order valence-electron chi connectivity index (χ3n) is 8.52. The second-order valence-electron chi connectivity index (χ2n) is 9.81. The molecular weight excluding hydrogens is 372 g/mol. The van der Waals surface area contributed by atoms with Crippen LogP contribution in [-0.4, -0.2) is 46.1 Å². The van der Waals surface area contributed by atoms with Crippen molar-refractivity contribution in [1.82, 2.24) is 0 Å². The lowest BCUT2D eigenvalue weighted by atomic mass is 9.46. The monoisotopic (exact) mass is 402 g/mol. The first kappa shape index (κ1) is 20.5. The number of ketones is 2. The Morgan fingerprint density at radius 1 is 1.28 bits per heavy atom. The van der Waals surface area contributed by atoms with E-state index in [9.17, 15) is 24.6 Å². The normalized spacial score (nSPS) is 45.7. The van der Waals surface area contributed by atoms with Gasteiger partial charge in [0, 0.05) is 23.7 Å². The van der Waals surface area contributed by atoms with Crippen LogP contribution in [0.3, 0.4) is 0 Å². The van der Waals surface area contributed by atoms with Crippen molar-refractivity contribution in [3.63, 3.8) is 0 Å². The number of ether oxygens (including phenoxy) is 1. The first-order valence-electron chi connectivity index (χ1n) is 10.5. The van der Waals surface area contributed by atoms with Crippen molar-refractivity contribution >= 4 is 17.5 Å². The lowest BCUT2D eigenvalue weighted by Gasteiger charge is -2.59. The Kier molecular flexibility index (Phi) is 4.67. The number of fused-ring (bicyclic) bond motifs is 5. The fraction of sp³-hybridized carbons (Fsp3) is 0.696. The van der Waals surface area contributed by atoms with Gasteiger partial charge in [0.1, 0.15) is 5.60 Å². The molecule has 0 unspecified atom stereocenters. The number of esters is 1. The maximum absolute atomic E-state index is 12.9. The van der Waals surface area contributed by atoms with Crippen molar-refractivity contribution in [3.8, 4) is 0 Å². The Bertz CT molecular complexity index is 827. The summed E-state index contributed by atoms with van der Waals surface area (Å²) < 4.78 is 4.88. The summed E-state index contributed by atoms with van der Waals surface area (Å²) in [5.74, 6) is -0.836. The van der Waals surface area contributed by atoms with E-state index in [0.717, 1.165) is 18.4 Å². The highest BCUT2D eigenvalue weighted by Crippen LogP contribution is 2.67. The third-order valence-corrected chi connectivity index (χ3v) is 8.52. The summed E-state index contributed by atoms with van der Waals surface area (Å²) >= 11 is 0. The average molecular weight is 402 g/mol. The number of aliphatic hydroxyl groups excluding tert-OH is 1. The van der Waals surface area contributed by atoms with Crippen LogP contribution in [0.25, 0.3) is 0 Å². The standard InChI is InChI=1S/C23H30O6/c1-13(24)29-12-19(27)23(28)9-7-17-16-5-4-14-10-15(25)6-8-21(14,2)20(16)18(26)11-22(17,23)3/h6,8,10,16-18,20,26,28H,4-5,7,9,11-12H2,1-3H3/t16-,17-,18+,20+,21-,22+,23+/m1/s1. The van der Waals surface area contributed by atoms with Crippen LogP contribution in [0.1, 0.15) is 52.9 Å². The smallest absolute Gasteiger partial charge is 0.303 e. The summed E-state index contributed by atoms with van der Waals surface area (Å²) in [6.07, 6.45) is 7.50. The van der Waals surface area contributed by atoms with E-state index in [1.165, 1.54) is 6.92 Å². The highest BCUT2D eigenvalue weighted by atomic mass is 16.5. The minimum absolute atomic E-state index is 0.00243. The van der Waals surface area contributed by atoms with Gasteiger partial charge in [0.15, 0.2) is 12.4 Å². The van der Waals surface area contributed by atoms with Crippen molar-refractivity contribution < 1.29 is 29.3 Å². The van der Waals surface area contributed by atoms with E-state index >= 15 is 0 Å². The van der Waals surface area contributed by atoms with Gasteiger partial charge in [0.2, 0.25) is 5.78 Å². The molecule has 3 saturated carbocycles. The second kappa shape index (κ2) is 6.61. The summed E-state index contributed by atoms with van der Waals surface area (Å²) in [6, 6.07) is 0. The zero-order valence-corrected chi connectivity index (χ0v) is 17.3. The van der Waals surface area contributed by atoms with E-state index in [1.54, 1.807) is 12.2 Å². The summed E-state index contributed by atoms with van der Waals surface area (Å²) in [7, 11) is 0. The Morgan fingerprint density at radius 2 is 2.00 bits per heavy atom. The lowest BCUT2D eigenvalue weighted by Crippen LogP contribution is -2.61. The Labute approximate surface area is 171 Å². The number of rotatable bonds is 3. The molecule has 4 aliphatic rings. The molecule has 29 heavy (non-hydrogen) atoms. The number of hydrogen-bond acceptors (Lipinski definition) is 6. The fourth-order valence-corrected chi connectivity index (χ4v) is 7.08. The number of aliphatic hydroxyl groups is 2. The third kappa shape index (κ3) is 2.79. The van der Waals surface area contributed by atoms with E-state index in [0.29, 0.717) is 19.3 Å². The second-order valence-corrected chi connectivity index (χ2v) is 9.81.